The zero-order valence-electron chi connectivity index (χ0n) is 12.7. The number of H-pyrrole nitrogens is 1. The van der Waals surface area contributed by atoms with Crippen molar-refractivity contribution in [1.29, 1.82) is 0 Å². The van der Waals surface area contributed by atoms with E-state index in [1.54, 1.807) is 10.9 Å². The smallest absolute Gasteiger partial charge is 0.135 e. The van der Waals surface area contributed by atoms with Gasteiger partial charge in [-0.15, -0.1) is 5.10 Å². The molecular formula is C17H13F2N5. The van der Waals surface area contributed by atoms with E-state index in [1.165, 1.54) is 12.1 Å². The lowest BCUT2D eigenvalue weighted by atomic mass is 10.1. The van der Waals surface area contributed by atoms with Gasteiger partial charge in [0.15, 0.2) is 0 Å². The van der Waals surface area contributed by atoms with Gasteiger partial charge in [0.2, 0.25) is 0 Å². The van der Waals surface area contributed by atoms with Crippen molar-refractivity contribution in [3.63, 3.8) is 0 Å². The van der Waals surface area contributed by atoms with Gasteiger partial charge in [-0.2, -0.15) is 0 Å². The maximum absolute atomic E-state index is 13.9. The predicted molar refractivity (Wildman–Crippen MR) is 85.3 cm³/mol. The molecule has 0 saturated carbocycles. The Kier molecular flexibility index (Phi) is 3.34. The molecule has 0 aliphatic carbocycles. The first kappa shape index (κ1) is 14.5. The van der Waals surface area contributed by atoms with Crippen LogP contribution in [0.4, 0.5) is 8.78 Å². The Hall–Kier alpha value is -3.09. The van der Waals surface area contributed by atoms with E-state index < -0.39 is 11.6 Å². The maximum atomic E-state index is 13.9. The molecule has 1 atom stereocenters. The summed E-state index contributed by atoms with van der Waals surface area (Å²) in [4.78, 5) is 7.77. The van der Waals surface area contributed by atoms with E-state index in [9.17, 15) is 8.78 Å². The van der Waals surface area contributed by atoms with Gasteiger partial charge in [0.05, 0.1) is 17.2 Å². The normalized spacial score (nSPS) is 12.6. The van der Waals surface area contributed by atoms with Crippen molar-refractivity contribution in [3.8, 4) is 11.3 Å². The summed E-state index contributed by atoms with van der Waals surface area (Å²) in [6, 6.07) is 10.9. The molecule has 1 N–H and O–H groups in total. The summed E-state index contributed by atoms with van der Waals surface area (Å²) in [5, 5.41) is 8.04. The number of hydrogen-bond acceptors (Lipinski definition) is 3. The third kappa shape index (κ3) is 2.44. The summed E-state index contributed by atoms with van der Waals surface area (Å²) in [5.41, 5.74) is 2.35. The first-order chi connectivity index (χ1) is 11.6. The first-order valence-electron chi connectivity index (χ1n) is 7.44. The standard InChI is InChI=1S/C17H13F2N5/c1-10(17-20-14-4-2-3-5-15(14)21-17)24-9-16(22-23-24)12-7-6-11(18)8-13(12)19/h2-10H,1H3,(H,20,21)/t10-/m0/s1. The highest BCUT2D eigenvalue weighted by Gasteiger charge is 2.16. The van der Waals surface area contributed by atoms with Crippen LogP contribution in [0.3, 0.4) is 0 Å². The minimum atomic E-state index is -0.668. The van der Waals surface area contributed by atoms with Crippen LogP contribution in [0.15, 0.2) is 48.7 Å². The molecule has 0 radical (unpaired) electrons. The van der Waals surface area contributed by atoms with Crippen LogP contribution < -0.4 is 0 Å². The summed E-state index contributed by atoms with van der Waals surface area (Å²) in [7, 11) is 0. The zero-order chi connectivity index (χ0) is 16.7. The molecule has 4 aromatic rings. The van der Waals surface area contributed by atoms with Crippen LogP contribution >= 0.6 is 0 Å². The molecule has 0 bridgehead atoms. The molecule has 2 heterocycles. The molecule has 0 aliphatic rings. The van der Waals surface area contributed by atoms with Gasteiger partial charge < -0.3 is 4.98 Å². The van der Waals surface area contributed by atoms with Gasteiger partial charge >= 0.3 is 0 Å². The Balaban J connectivity index is 1.68. The number of halogens is 2. The van der Waals surface area contributed by atoms with Crippen LogP contribution in [0, 0.1) is 11.6 Å². The molecule has 0 fully saturated rings. The first-order valence-corrected chi connectivity index (χ1v) is 7.44. The molecule has 7 heteroatoms. The average molecular weight is 325 g/mol. The summed E-state index contributed by atoms with van der Waals surface area (Å²) in [6.45, 7) is 1.91. The second-order valence-electron chi connectivity index (χ2n) is 5.52. The number of fused-ring (bicyclic) bond motifs is 1. The van der Waals surface area contributed by atoms with E-state index in [0.717, 1.165) is 22.9 Å². The number of nitrogens with one attached hydrogen (secondary N) is 1. The van der Waals surface area contributed by atoms with Gasteiger partial charge in [0, 0.05) is 11.6 Å². The zero-order valence-corrected chi connectivity index (χ0v) is 12.7. The van der Waals surface area contributed by atoms with E-state index >= 15 is 0 Å². The molecule has 0 amide bonds. The minimum absolute atomic E-state index is 0.206. The van der Waals surface area contributed by atoms with E-state index in [0.29, 0.717) is 5.69 Å². The monoisotopic (exact) mass is 325 g/mol. The molecular weight excluding hydrogens is 312 g/mol. The highest BCUT2D eigenvalue weighted by Crippen LogP contribution is 2.24. The third-order valence-electron chi connectivity index (χ3n) is 3.92. The fraction of sp³-hybridized carbons (Fsp3) is 0.118. The second kappa shape index (κ2) is 5.52. The van der Waals surface area contributed by atoms with Gasteiger partial charge in [-0.3, -0.25) is 0 Å². The Labute approximate surface area is 136 Å². The van der Waals surface area contributed by atoms with Crippen molar-refractivity contribution in [2.75, 3.05) is 0 Å². The second-order valence-corrected chi connectivity index (χ2v) is 5.52. The van der Waals surface area contributed by atoms with Crippen molar-refractivity contribution in [2.24, 2.45) is 0 Å². The van der Waals surface area contributed by atoms with Crippen molar-refractivity contribution < 1.29 is 8.78 Å². The van der Waals surface area contributed by atoms with Crippen LogP contribution in [0.1, 0.15) is 18.8 Å². The highest BCUT2D eigenvalue weighted by molar-refractivity contribution is 5.74. The molecule has 0 spiro atoms. The van der Waals surface area contributed by atoms with Gasteiger partial charge in [0.25, 0.3) is 0 Å². The third-order valence-corrected chi connectivity index (χ3v) is 3.92. The number of para-hydroxylation sites is 2. The maximum Gasteiger partial charge on any atom is 0.135 e. The summed E-state index contributed by atoms with van der Waals surface area (Å²) in [5.74, 6) is -0.565. The fourth-order valence-electron chi connectivity index (χ4n) is 2.58. The Morgan fingerprint density at radius 2 is 1.96 bits per heavy atom. The van der Waals surface area contributed by atoms with E-state index in [4.69, 9.17) is 0 Å². The Morgan fingerprint density at radius 3 is 2.75 bits per heavy atom. The molecule has 120 valence electrons. The van der Waals surface area contributed by atoms with Crippen LogP contribution in [0.2, 0.25) is 0 Å². The van der Waals surface area contributed by atoms with Crippen molar-refractivity contribution in [1.82, 2.24) is 25.0 Å². The molecule has 2 aromatic heterocycles. The number of rotatable bonds is 3. The molecule has 4 rings (SSSR count). The number of benzene rings is 2. The molecule has 0 saturated heterocycles. The highest BCUT2D eigenvalue weighted by atomic mass is 19.1. The lowest BCUT2D eigenvalue weighted by molar-refractivity contribution is 0.523. The van der Waals surface area contributed by atoms with E-state index in [1.807, 2.05) is 31.2 Å². The molecule has 5 nitrogen and oxygen atoms in total. The topological polar surface area (TPSA) is 59.4 Å². The van der Waals surface area contributed by atoms with E-state index in [-0.39, 0.29) is 11.6 Å². The minimum Gasteiger partial charge on any atom is -0.340 e. The molecule has 0 unspecified atom stereocenters. The number of aromatic nitrogens is 5. The molecule has 2 aromatic carbocycles. The van der Waals surface area contributed by atoms with Gasteiger partial charge in [-0.05, 0) is 31.2 Å². The van der Waals surface area contributed by atoms with Crippen molar-refractivity contribution in [2.45, 2.75) is 13.0 Å². The van der Waals surface area contributed by atoms with E-state index in [2.05, 4.69) is 20.3 Å². The van der Waals surface area contributed by atoms with Crippen molar-refractivity contribution in [3.05, 3.63) is 66.1 Å². The fourth-order valence-corrected chi connectivity index (χ4v) is 2.58. The summed E-state index contributed by atoms with van der Waals surface area (Å²) in [6.07, 6.45) is 1.62. The number of hydrogen-bond donors (Lipinski definition) is 1. The number of nitrogens with zero attached hydrogens (tertiary/aromatic N) is 4. The quantitative estimate of drug-likeness (QED) is 0.625. The van der Waals surface area contributed by atoms with Gasteiger partial charge in [-0.1, -0.05) is 17.3 Å². The number of aromatic amines is 1. The summed E-state index contributed by atoms with van der Waals surface area (Å²) >= 11 is 0. The van der Waals surface area contributed by atoms with Gasteiger partial charge in [-0.25, -0.2) is 18.4 Å². The number of imidazole rings is 1. The van der Waals surface area contributed by atoms with Crippen LogP contribution in [-0.4, -0.2) is 25.0 Å². The van der Waals surface area contributed by atoms with Crippen LogP contribution in [0.25, 0.3) is 22.3 Å². The summed E-state index contributed by atoms with van der Waals surface area (Å²) < 4.78 is 28.5. The van der Waals surface area contributed by atoms with Crippen LogP contribution in [0.5, 0.6) is 0 Å². The molecule has 0 aliphatic heterocycles. The van der Waals surface area contributed by atoms with Gasteiger partial charge in [0.1, 0.15) is 29.2 Å². The lowest BCUT2D eigenvalue weighted by Crippen LogP contribution is -2.09. The lowest BCUT2D eigenvalue weighted by Gasteiger charge is -2.07. The van der Waals surface area contributed by atoms with Crippen LogP contribution in [-0.2, 0) is 0 Å². The average Bonchev–Trinajstić information content (AvgIpc) is 3.21. The molecule has 24 heavy (non-hydrogen) atoms. The van der Waals surface area contributed by atoms with Crippen molar-refractivity contribution >= 4 is 11.0 Å². The Morgan fingerprint density at radius 1 is 1.12 bits per heavy atom. The Bertz CT molecular complexity index is 988. The SMILES string of the molecule is C[C@@H](c1nc2ccccc2[nH]1)n1cc(-c2ccc(F)cc2F)nn1. The predicted octanol–water partition coefficient (Wildman–Crippen LogP) is 3.71. The largest absolute Gasteiger partial charge is 0.340 e.